The number of fused-ring (bicyclic) bond motifs is 12. The maximum absolute atomic E-state index is 6.90. The van der Waals surface area contributed by atoms with Crippen LogP contribution in [0, 0.1) is 0 Å². The fourth-order valence-electron chi connectivity index (χ4n) is 10.1. The predicted molar refractivity (Wildman–Crippen MR) is 250 cm³/mol. The maximum atomic E-state index is 6.90. The van der Waals surface area contributed by atoms with Gasteiger partial charge in [-0.1, -0.05) is 159 Å². The largest absolute Gasteiger partial charge is 0.455 e. The molecule has 5 heteroatoms. The van der Waals surface area contributed by atoms with Crippen LogP contribution >= 0.6 is 0 Å². The van der Waals surface area contributed by atoms with Crippen molar-refractivity contribution in [3.8, 4) is 51.0 Å². The molecule has 0 saturated heterocycles. The Balaban J connectivity index is 1.10. The van der Waals surface area contributed by atoms with Gasteiger partial charge < -0.3 is 8.98 Å². The van der Waals surface area contributed by atoms with Gasteiger partial charge in [-0.3, -0.25) is 0 Å². The molecule has 0 radical (unpaired) electrons. The van der Waals surface area contributed by atoms with Gasteiger partial charge in [-0.15, -0.1) is 0 Å². The van der Waals surface area contributed by atoms with E-state index >= 15 is 0 Å². The van der Waals surface area contributed by atoms with Crippen LogP contribution in [-0.2, 0) is 5.41 Å². The first-order valence-corrected chi connectivity index (χ1v) is 20.9. The summed E-state index contributed by atoms with van der Waals surface area (Å²) in [6, 6.07) is 64.7. The third-order valence-electron chi connectivity index (χ3n) is 13.0. The lowest BCUT2D eigenvalue weighted by molar-refractivity contribution is 0.661. The first-order chi connectivity index (χ1) is 30.0. The third-order valence-corrected chi connectivity index (χ3v) is 13.0. The Morgan fingerprint density at radius 1 is 0.426 bits per heavy atom. The molecule has 0 saturated carbocycles. The number of nitrogens with zero attached hydrogens (tertiary/aromatic N) is 4. The van der Waals surface area contributed by atoms with Gasteiger partial charge in [0.25, 0.3) is 0 Å². The van der Waals surface area contributed by atoms with E-state index in [4.69, 9.17) is 19.4 Å². The van der Waals surface area contributed by atoms with E-state index in [0.29, 0.717) is 17.5 Å². The zero-order valence-corrected chi connectivity index (χ0v) is 33.5. The average Bonchev–Trinajstić information content (AvgIpc) is 3.93. The van der Waals surface area contributed by atoms with Crippen LogP contribution in [0.15, 0.2) is 186 Å². The summed E-state index contributed by atoms with van der Waals surface area (Å²) >= 11 is 0. The lowest BCUT2D eigenvalue weighted by atomic mass is 9.82. The second kappa shape index (κ2) is 12.6. The first-order valence-electron chi connectivity index (χ1n) is 20.9. The molecule has 0 bridgehead atoms. The molecule has 9 aromatic carbocycles. The number of benzene rings is 9. The van der Waals surface area contributed by atoms with E-state index < -0.39 is 0 Å². The SMILES string of the molecule is CC1(C)c2ccccc2-c2cc3c(cc21)c1ccccc1n3-c1cc2c(oc3cccc(-c4nc(-c5ccccc5)nc(-c5ccc6ccccc6c5)n4)c32)c2ccccc12. The second-order valence-corrected chi connectivity index (χ2v) is 16.8. The number of hydrogen-bond acceptors (Lipinski definition) is 4. The molecule has 286 valence electrons. The molecule has 13 rings (SSSR count). The van der Waals surface area contributed by atoms with E-state index in [-0.39, 0.29) is 5.41 Å². The summed E-state index contributed by atoms with van der Waals surface area (Å²) in [5, 5.41) is 8.92. The Hall–Kier alpha value is -7.89. The van der Waals surface area contributed by atoms with E-state index in [9.17, 15) is 0 Å². The number of rotatable bonds is 4. The summed E-state index contributed by atoms with van der Waals surface area (Å²) in [7, 11) is 0. The predicted octanol–water partition coefficient (Wildman–Crippen LogP) is 14.5. The van der Waals surface area contributed by atoms with Crippen LogP contribution in [0.25, 0.3) is 116 Å². The van der Waals surface area contributed by atoms with Crippen LogP contribution in [-0.4, -0.2) is 19.5 Å². The number of furan rings is 1. The Labute approximate surface area is 351 Å². The third kappa shape index (κ3) is 4.92. The fraction of sp³-hybridized carbons (Fsp3) is 0.0536. The highest BCUT2D eigenvalue weighted by atomic mass is 16.3. The Morgan fingerprint density at radius 2 is 1.11 bits per heavy atom. The van der Waals surface area contributed by atoms with E-state index in [1.807, 2.05) is 24.3 Å². The summed E-state index contributed by atoms with van der Waals surface area (Å²) in [4.78, 5) is 15.5. The average molecular weight is 781 g/mol. The Kier molecular flexibility index (Phi) is 7.00. The molecule has 0 atom stereocenters. The smallest absolute Gasteiger partial charge is 0.164 e. The summed E-state index contributed by atoms with van der Waals surface area (Å²) in [5.74, 6) is 1.83. The lowest BCUT2D eigenvalue weighted by Crippen LogP contribution is -2.14. The van der Waals surface area contributed by atoms with E-state index in [0.717, 1.165) is 66.0 Å². The van der Waals surface area contributed by atoms with Crippen LogP contribution in [0.5, 0.6) is 0 Å². The summed E-state index contributed by atoms with van der Waals surface area (Å²) in [6.07, 6.45) is 0. The number of para-hydroxylation sites is 1. The van der Waals surface area contributed by atoms with Gasteiger partial charge in [0.1, 0.15) is 11.2 Å². The van der Waals surface area contributed by atoms with Crippen LogP contribution in [0.1, 0.15) is 25.0 Å². The minimum Gasteiger partial charge on any atom is -0.455 e. The van der Waals surface area contributed by atoms with Crippen molar-refractivity contribution in [2.24, 2.45) is 0 Å². The van der Waals surface area contributed by atoms with Crippen LogP contribution in [0.3, 0.4) is 0 Å². The minimum absolute atomic E-state index is 0.107. The van der Waals surface area contributed by atoms with Crippen molar-refractivity contribution in [2.75, 3.05) is 0 Å². The van der Waals surface area contributed by atoms with Crippen LogP contribution in [0.2, 0.25) is 0 Å². The molecule has 61 heavy (non-hydrogen) atoms. The highest BCUT2D eigenvalue weighted by molar-refractivity contribution is 6.22. The van der Waals surface area contributed by atoms with Gasteiger partial charge in [0, 0.05) is 54.4 Å². The van der Waals surface area contributed by atoms with Gasteiger partial charge in [0.2, 0.25) is 0 Å². The first kappa shape index (κ1) is 34.0. The molecule has 12 aromatic rings. The van der Waals surface area contributed by atoms with Crippen molar-refractivity contribution in [2.45, 2.75) is 19.3 Å². The molecule has 0 fully saturated rings. The Bertz CT molecular complexity index is 3800. The van der Waals surface area contributed by atoms with Gasteiger partial charge in [-0.2, -0.15) is 0 Å². The molecule has 0 spiro atoms. The molecule has 0 amide bonds. The number of hydrogen-bond donors (Lipinski definition) is 0. The molecule has 5 nitrogen and oxygen atoms in total. The molecule has 1 aliphatic rings. The standard InChI is InChI=1S/C56H36N4O/c1-56(2)45-24-12-10-19-37(45)42-31-49-43(30-46(42)56)39-21-11-13-25-47(39)60(49)48-32-44-51-41(23-14-26-50(51)61-52(44)40-22-9-8-20-38(40)48)55-58-53(34-16-4-3-5-17-34)57-54(59-55)36-28-27-33-15-6-7-18-35(33)29-36/h3-32H,1-2H3. The normalized spacial score (nSPS) is 13.2. The molecule has 0 aliphatic heterocycles. The van der Waals surface area contributed by atoms with Crippen molar-refractivity contribution in [1.29, 1.82) is 0 Å². The topological polar surface area (TPSA) is 56.7 Å². The highest BCUT2D eigenvalue weighted by Gasteiger charge is 2.36. The quantitative estimate of drug-likeness (QED) is 0.178. The van der Waals surface area contributed by atoms with Crippen LogP contribution < -0.4 is 0 Å². The second-order valence-electron chi connectivity index (χ2n) is 16.8. The van der Waals surface area contributed by atoms with Gasteiger partial charge in [0.15, 0.2) is 17.5 Å². The van der Waals surface area contributed by atoms with E-state index in [2.05, 4.69) is 176 Å². The monoisotopic (exact) mass is 780 g/mol. The van der Waals surface area contributed by atoms with Crippen molar-refractivity contribution >= 4 is 65.3 Å². The van der Waals surface area contributed by atoms with Crippen molar-refractivity contribution in [3.63, 3.8) is 0 Å². The maximum Gasteiger partial charge on any atom is 0.164 e. The molecule has 1 aliphatic carbocycles. The summed E-state index contributed by atoms with van der Waals surface area (Å²) < 4.78 is 9.36. The summed E-state index contributed by atoms with van der Waals surface area (Å²) in [6.45, 7) is 4.71. The number of aromatic nitrogens is 4. The molecule has 3 aromatic heterocycles. The lowest BCUT2D eigenvalue weighted by Gasteiger charge is -2.21. The van der Waals surface area contributed by atoms with E-state index in [1.165, 1.54) is 43.9 Å². The van der Waals surface area contributed by atoms with Gasteiger partial charge in [-0.25, -0.2) is 15.0 Å². The molecule has 0 N–H and O–H groups in total. The minimum atomic E-state index is -0.107. The van der Waals surface area contributed by atoms with Gasteiger partial charge in [-0.05, 0) is 69.4 Å². The molecule has 0 unspecified atom stereocenters. The molecule has 3 heterocycles. The van der Waals surface area contributed by atoms with Crippen molar-refractivity contribution < 1.29 is 4.42 Å². The highest BCUT2D eigenvalue weighted by Crippen LogP contribution is 2.51. The molecular formula is C56H36N4O. The van der Waals surface area contributed by atoms with Gasteiger partial charge in [0.05, 0.1) is 16.7 Å². The Morgan fingerprint density at radius 3 is 1.98 bits per heavy atom. The zero-order chi connectivity index (χ0) is 40.4. The van der Waals surface area contributed by atoms with Crippen LogP contribution in [0.4, 0.5) is 0 Å². The van der Waals surface area contributed by atoms with Gasteiger partial charge >= 0.3 is 0 Å². The summed E-state index contributed by atoms with van der Waals surface area (Å²) in [5.41, 5.74) is 13.0. The zero-order valence-electron chi connectivity index (χ0n) is 33.5. The fourth-order valence-corrected chi connectivity index (χ4v) is 10.1. The van der Waals surface area contributed by atoms with Crippen molar-refractivity contribution in [3.05, 3.63) is 193 Å². The van der Waals surface area contributed by atoms with Crippen molar-refractivity contribution in [1.82, 2.24) is 19.5 Å². The van der Waals surface area contributed by atoms with E-state index in [1.54, 1.807) is 0 Å². The molecular weight excluding hydrogens is 745 g/mol.